The molecule has 0 saturated heterocycles. The molecule has 0 heterocycles. The second kappa shape index (κ2) is 5.14. The maximum absolute atomic E-state index is 12.6. The van der Waals surface area contributed by atoms with Gasteiger partial charge in [0.2, 0.25) is 0 Å². The molecule has 0 bridgehead atoms. The van der Waals surface area contributed by atoms with Crippen LogP contribution in [0.4, 0.5) is 48.3 Å². The zero-order valence-corrected chi connectivity index (χ0v) is 9.13. The molecule has 0 aromatic heterocycles. The molecule has 0 aromatic rings. The van der Waals surface area contributed by atoms with Gasteiger partial charge >= 0.3 is 30.4 Å². The van der Waals surface area contributed by atoms with Gasteiger partial charge in [0.1, 0.15) is 6.67 Å². The molecule has 0 aromatic carbocycles. The Hall–Kier alpha value is -1.34. The summed E-state index contributed by atoms with van der Waals surface area (Å²) in [6.07, 6.45) is -20.6. The quantitative estimate of drug-likeness (QED) is 0.780. The molecule has 0 saturated carbocycles. The second-order valence-corrected chi connectivity index (χ2v) is 3.45. The smallest absolute Gasteiger partial charge is 0.462 e. The minimum absolute atomic E-state index is 2.09. The molecule has 126 valence electrons. The van der Waals surface area contributed by atoms with Crippen molar-refractivity contribution in [2.45, 2.75) is 30.0 Å². The van der Waals surface area contributed by atoms with Crippen LogP contribution in [-0.2, 0) is 9.53 Å². The zero-order valence-electron chi connectivity index (χ0n) is 9.13. The van der Waals surface area contributed by atoms with Crippen molar-refractivity contribution in [1.29, 1.82) is 0 Å². The monoisotopic (exact) mass is 344 g/mol. The van der Waals surface area contributed by atoms with Gasteiger partial charge in [0, 0.05) is 0 Å². The lowest BCUT2D eigenvalue weighted by atomic mass is 10.1. The number of hydrogen-bond donors (Lipinski definition) is 1. The number of carboxylic acid groups (broad SMARTS) is 1. The van der Waals surface area contributed by atoms with Gasteiger partial charge in [0.25, 0.3) is 5.60 Å². The highest BCUT2D eigenvalue weighted by atomic mass is 19.4. The highest BCUT2D eigenvalue weighted by Gasteiger charge is 2.79. The first-order chi connectivity index (χ1) is 8.96. The van der Waals surface area contributed by atoms with Crippen LogP contribution in [0.5, 0.6) is 0 Å². The fraction of sp³-hybridized carbons (Fsp3) is 0.857. The topological polar surface area (TPSA) is 46.5 Å². The lowest BCUT2D eigenvalue weighted by molar-refractivity contribution is -0.458. The molecular formula is C7H3F11O3. The zero-order chi connectivity index (χ0) is 17.5. The highest BCUT2D eigenvalue weighted by molar-refractivity contribution is 5.79. The van der Waals surface area contributed by atoms with E-state index in [2.05, 4.69) is 4.74 Å². The van der Waals surface area contributed by atoms with Crippen LogP contribution < -0.4 is 0 Å². The molecular weight excluding hydrogens is 341 g/mol. The summed E-state index contributed by atoms with van der Waals surface area (Å²) in [6.45, 7) is -3.37. The average molecular weight is 344 g/mol. The van der Waals surface area contributed by atoms with Crippen molar-refractivity contribution in [3.8, 4) is 0 Å². The van der Waals surface area contributed by atoms with Crippen molar-refractivity contribution in [2.24, 2.45) is 0 Å². The van der Waals surface area contributed by atoms with E-state index in [0.29, 0.717) is 0 Å². The number of aliphatic carboxylic acids is 1. The number of hydrogen-bond acceptors (Lipinski definition) is 2. The first kappa shape index (κ1) is 19.7. The summed E-state index contributed by atoms with van der Waals surface area (Å²) in [5.41, 5.74) is -5.59. The first-order valence-electron chi connectivity index (χ1n) is 4.35. The molecule has 3 nitrogen and oxygen atoms in total. The summed E-state index contributed by atoms with van der Waals surface area (Å²) in [4.78, 5) is 10.2. The van der Waals surface area contributed by atoms with Crippen LogP contribution in [-0.4, -0.2) is 47.7 Å². The summed E-state index contributed by atoms with van der Waals surface area (Å²) in [6, 6.07) is 0. The van der Waals surface area contributed by atoms with Gasteiger partial charge in [-0.1, -0.05) is 0 Å². The molecule has 0 spiro atoms. The van der Waals surface area contributed by atoms with E-state index in [1.165, 1.54) is 0 Å². The van der Waals surface area contributed by atoms with Crippen LogP contribution in [0.2, 0.25) is 0 Å². The van der Waals surface area contributed by atoms with Crippen LogP contribution in [0.25, 0.3) is 0 Å². The fourth-order valence-corrected chi connectivity index (χ4v) is 0.831. The van der Waals surface area contributed by atoms with Crippen molar-refractivity contribution in [3.63, 3.8) is 0 Å². The first-order valence-corrected chi connectivity index (χ1v) is 4.35. The van der Waals surface area contributed by atoms with Crippen molar-refractivity contribution < 1.29 is 62.9 Å². The Bertz CT molecular complexity index is 398. The molecule has 0 aliphatic heterocycles. The van der Waals surface area contributed by atoms with E-state index in [1.807, 2.05) is 0 Å². The maximum atomic E-state index is 12.6. The van der Waals surface area contributed by atoms with Crippen LogP contribution in [0.1, 0.15) is 0 Å². The van der Waals surface area contributed by atoms with E-state index in [0.717, 1.165) is 0 Å². The molecule has 0 aliphatic carbocycles. The van der Waals surface area contributed by atoms with Gasteiger partial charge in [-0.2, -0.15) is 43.9 Å². The normalized spacial score (nSPS) is 17.5. The third kappa shape index (κ3) is 3.13. The van der Waals surface area contributed by atoms with E-state index >= 15 is 0 Å². The van der Waals surface area contributed by atoms with E-state index in [1.54, 1.807) is 0 Å². The molecule has 1 N–H and O–H groups in total. The van der Waals surface area contributed by atoms with Gasteiger partial charge < -0.3 is 5.11 Å². The Kier molecular flexibility index (Phi) is 4.81. The van der Waals surface area contributed by atoms with Gasteiger partial charge in [-0.15, -0.1) is 0 Å². The molecule has 1 atom stereocenters. The summed E-state index contributed by atoms with van der Waals surface area (Å²) in [5.74, 6) is -10.8. The SMILES string of the molecule is O=C(O)C(CF)(OC(F)(F)C(F)(F)C(F)(F)F)C(F)(F)F. The molecule has 0 aliphatic rings. The molecule has 0 rings (SSSR count). The predicted molar refractivity (Wildman–Crippen MR) is 39.4 cm³/mol. The largest absolute Gasteiger partial charge is 0.479 e. The van der Waals surface area contributed by atoms with Gasteiger partial charge in [-0.25, -0.2) is 9.18 Å². The second-order valence-electron chi connectivity index (χ2n) is 3.45. The van der Waals surface area contributed by atoms with E-state index in [4.69, 9.17) is 5.11 Å². The summed E-state index contributed by atoms with van der Waals surface area (Å²) in [7, 11) is 0. The minimum atomic E-state index is -7.19. The van der Waals surface area contributed by atoms with Crippen molar-refractivity contribution in [3.05, 3.63) is 0 Å². The number of rotatable bonds is 5. The summed E-state index contributed by atoms with van der Waals surface area (Å²) in [5, 5.41) is 8.05. The van der Waals surface area contributed by atoms with Crippen LogP contribution in [0.3, 0.4) is 0 Å². The third-order valence-electron chi connectivity index (χ3n) is 2.02. The number of ether oxygens (including phenoxy) is 1. The molecule has 0 amide bonds. The Labute approximate surface area is 107 Å². The Morgan fingerprint density at radius 3 is 1.43 bits per heavy atom. The van der Waals surface area contributed by atoms with Gasteiger partial charge in [0.05, 0.1) is 0 Å². The fourth-order valence-electron chi connectivity index (χ4n) is 0.831. The van der Waals surface area contributed by atoms with E-state index < -0.39 is 42.6 Å². The van der Waals surface area contributed by atoms with Crippen molar-refractivity contribution in [1.82, 2.24) is 0 Å². The summed E-state index contributed by atoms with van der Waals surface area (Å²) < 4.78 is 136. The third-order valence-corrected chi connectivity index (χ3v) is 2.02. The van der Waals surface area contributed by atoms with E-state index in [-0.39, 0.29) is 0 Å². The highest BCUT2D eigenvalue weighted by Crippen LogP contribution is 2.50. The molecule has 14 heteroatoms. The number of halogens is 11. The lowest BCUT2D eigenvalue weighted by Crippen LogP contribution is -2.64. The van der Waals surface area contributed by atoms with Crippen LogP contribution in [0, 0.1) is 0 Å². The molecule has 0 fully saturated rings. The average Bonchev–Trinajstić information content (AvgIpc) is 2.21. The summed E-state index contributed by atoms with van der Waals surface area (Å²) >= 11 is 0. The standard InChI is InChI=1S/C7H3F11O3/c8-1-3(2(19)20,5(11,12)13)21-7(17,18)4(9,10)6(14,15)16/h1H2,(H,19,20). The molecule has 0 radical (unpaired) electrons. The molecule has 1 unspecified atom stereocenters. The van der Waals surface area contributed by atoms with Crippen LogP contribution >= 0.6 is 0 Å². The Balaban J connectivity index is 5.92. The van der Waals surface area contributed by atoms with Crippen molar-refractivity contribution >= 4 is 5.97 Å². The number of carbonyl (C=O) groups is 1. The van der Waals surface area contributed by atoms with E-state index in [9.17, 15) is 53.1 Å². The number of carboxylic acids is 1. The van der Waals surface area contributed by atoms with Gasteiger partial charge in [-0.3, -0.25) is 4.74 Å². The van der Waals surface area contributed by atoms with Crippen LogP contribution in [0.15, 0.2) is 0 Å². The Morgan fingerprint density at radius 2 is 1.24 bits per heavy atom. The minimum Gasteiger partial charge on any atom is -0.479 e. The predicted octanol–water partition coefficient (Wildman–Crippen LogP) is 3.15. The van der Waals surface area contributed by atoms with Gasteiger partial charge in [0.15, 0.2) is 0 Å². The lowest BCUT2D eigenvalue weighted by Gasteiger charge is -2.35. The van der Waals surface area contributed by atoms with Gasteiger partial charge in [-0.05, 0) is 0 Å². The van der Waals surface area contributed by atoms with Crippen molar-refractivity contribution in [2.75, 3.05) is 6.67 Å². The maximum Gasteiger partial charge on any atom is 0.462 e. The molecule has 21 heavy (non-hydrogen) atoms. The number of alkyl halides is 11. The Morgan fingerprint density at radius 1 is 0.857 bits per heavy atom.